The Morgan fingerprint density at radius 3 is 2.53 bits per heavy atom. The molecule has 1 unspecified atom stereocenters. The number of carboxylic acids is 1. The number of hydrogen-bond acceptors (Lipinski definition) is 5. The third-order valence-corrected chi connectivity index (χ3v) is 5.80. The number of nitrogens with zero attached hydrogens (tertiary/aromatic N) is 3. The Hall–Kier alpha value is -2.72. The second-order valence-electron chi connectivity index (χ2n) is 8.10. The van der Waals surface area contributed by atoms with E-state index in [-0.39, 0.29) is 6.54 Å². The highest BCUT2D eigenvalue weighted by molar-refractivity contribution is 5.72. The topological polar surface area (TPSA) is 93.6 Å². The smallest absolute Gasteiger partial charge is 0.308 e. The van der Waals surface area contributed by atoms with Crippen molar-refractivity contribution in [2.24, 2.45) is 11.7 Å². The minimum atomic E-state index is -0.875. The second kappa shape index (κ2) is 10.4. The average molecular weight is 407 g/mol. The standard InChI is InChI=1S/C24H30N4O2/c1-27-9-2-10-28(12-11-27)17-19-5-8-23(21(14-19)15-25)20-6-3-18(4-7-20)13-22(16-26)24(29)30/h3-8,14,22H,2,9-13,16-17,26H2,1H3,(H,29,30). The quantitative estimate of drug-likeness (QED) is 0.734. The monoisotopic (exact) mass is 406 g/mol. The highest BCUT2D eigenvalue weighted by atomic mass is 16.4. The van der Waals surface area contributed by atoms with Crippen molar-refractivity contribution in [3.63, 3.8) is 0 Å². The minimum absolute atomic E-state index is 0.116. The zero-order chi connectivity index (χ0) is 21.5. The molecule has 0 amide bonds. The Bertz CT molecular complexity index is 904. The van der Waals surface area contributed by atoms with Crippen LogP contribution in [0.25, 0.3) is 11.1 Å². The van der Waals surface area contributed by atoms with Crippen molar-refractivity contribution >= 4 is 5.97 Å². The van der Waals surface area contributed by atoms with Gasteiger partial charge >= 0.3 is 5.97 Å². The SMILES string of the molecule is CN1CCCN(Cc2ccc(-c3ccc(CC(CN)C(=O)O)cc3)c(C#N)c2)CC1. The lowest BCUT2D eigenvalue weighted by molar-refractivity contribution is -0.141. The summed E-state index contributed by atoms with van der Waals surface area (Å²) in [7, 11) is 2.16. The van der Waals surface area contributed by atoms with Crippen molar-refractivity contribution < 1.29 is 9.90 Å². The van der Waals surface area contributed by atoms with Crippen LogP contribution in [0.4, 0.5) is 0 Å². The van der Waals surface area contributed by atoms with Gasteiger partial charge in [0.15, 0.2) is 0 Å². The average Bonchev–Trinajstić information content (AvgIpc) is 2.96. The Labute approximate surface area is 178 Å². The van der Waals surface area contributed by atoms with E-state index in [4.69, 9.17) is 5.73 Å². The number of hydrogen-bond donors (Lipinski definition) is 2. The van der Waals surface area contributed by atoms with Crippen LogP contribution in [0.5, 0.6) is 0 Å². The molecule has 0 bridgehead atoms. The van der Waals surface area contributed by atoms with Crippen LogP contribution >= 0.6 is 0 Å². The lowest BCUT2D eigenvalue weighted by Gasteiger charge is -2.20. The van der Waals surface area contributed by atoms with Gasteiger partial charge in [0.25, 0.3) is 0 Å². The molecule has 0 radical (unpaired) electrons. The fourth-order valence-electron chi connectivity index (χ4n) is 3.93. The van der Waals surface area contributed by atoms with E-state index < -0.39 is 11.9 Å². The fraction of sp³-hybridized carbons (Fsp3) is 0.417. The van der Waals surface area contributed by atoms with Gasteiger partial charge in [-0.15, -0.1) is 0 Å². The maximum absolute atomic E-state index is 11.2. The largest absolute Gasteiger partial charge is 0.481 e. The zero-order valence-corrected chi connectivity index (χ0v) is 17.6. The van der Waals surface area contributed by atoms with E-state index in [2.05, 4.69) is 29.0 Å². The summed E-state index contributed by atoms with van der Waals surface area (Å²) in [5.74, 6) is -1.46. The Balaban J connectivity index is 1.73. The van der Waals surface area contributed by atoms with Crippen LogP contribution in [-0.2, 0) is 17.8 Å². The van der Waals surface area contributed by atoms with Crippen LogP contribution in [0, 0.1) is 17.2 Å². The molecule has 1 aliphatic heterocycles. The van der Waals surface area contributed by atoms with Crippen LogP contribution < -0.4 is 5.73 Å². The van der Waals surface area contributed by atoms with Crippen LogP contribution in [0.2, 0.25) is 0 Å². The van der Waals surface area contributed by atoms with E-state index in [9.17, 15) is 15.2 Å². The van der Waals surface area contributed by atoms with Gasteiger partial charge in [0.05, 0.1) is 17.6 Å². The molecule has 0 spiro atoms. The first-order valence-electron chi connectivity index (χ1n) is 10.5. The van der Waals surface area contributed by atoms with Crippen molar-refractivity contribution in [3.8, 4) is 17.2 Å². The van der Waals surface area contributed by atoms with Crippen molar-refractivity contribution in [3.05, 3.63) is 59.2 Å². The summed E-state index contributed by atoms with van der Waals surface area (Å²) in [6.07, 6.45) is 1.57. The maximum Gasteiger partial charge on any atom is 0.308 e. The van der Waals surface area contributed by atoms with E-state index in [0.29, 0.717) is 12.0 Å². The summed E-state index contributed by atoms with van der Waals surface area (Å²) in [5, 5.41) is 18.9. The lowest BCUT2D eigenvalue weighted by atomic mass is 9.94. The van der Waals surface area contributed by atoms with E-state index in [1.807, 2.05) is 36.4 Å². The second-order valence-corrected chi connectivity index (χ2v) is 8.10. The van der Waals surface area contributed by atoms with E-state index in [0.717, 1.165) is 55.0 Å². The number of rotatable bonds is 7. The molecule has 0 aliphatic carbocycles. The number of carboxylic acid groups (broad SMARTS) is 1. The molecule has 3 rings (SSSR count). The summed E-state index contributed by atoms with van der Waals surface area (Å²) >= 11 is 0. The van der Waals surface area contributed by atoms with Crippen LogP contribution in [-0.4, -0.2) is 60.6 Å². The Morgan fingerprint density at radius 1 is 1.13 bits per heavy atom. The van der Waals surface area contributed by atoms with Crippen LogP contribution in [0.1, 0.15) is 23.1 Å². The van der Waals surface area contributed by atoms with Gasteiger partial charge in [-0.3, -0.25) is 9.69 Å². The molecule has 158 valence electrons. The molecular formula is C24H30N4O2. The molecule has 1 saturated heterocycles. The number of benzene rings is 2. The van der Waals surface area contributed by atoms with Gasteiger partial charge in [0.1, 0.15) is 0 Å². The Morgan fingerprint density at radius 2 is 1.87 bits per heavy atom. The highest BCUT2D eigenvalue weighted by Gasteiger charge is 2.16. The predicted octanol–water partition coefficient (Wildman–Crippen LogP) is 2.56. The number of likely N-dealkylation sites (N-methyl/N-ethyl adjacent to an activating group) is 1. The van der Waals surface area contributed by atoms with Crippen molar-refractivity contribution in [2.45, 2.75) is 19.4 Å². The van der Waals surface area contributed by atoms with Crippen LogP contribution in [0.15, 0.2) is 42.5 Å². The first-order valence-corrected chi connectivity index (χ1v) is 10.5. The molecule has 1 fully saturated rings. The van der Waals surface area contributed by atoms with Gasteiger partial charge in [0, 0.05) is 26.2 Å². The molecule has 0 saturated carbocycles. The summed E-state index contributed by atoms with van der Waals surface area (Å²) in [6.45, 7) is 5.30. The van der Waals surface area contributed by atoms with Gasteiger partial charge in [-0.1, -0.05) is 36.4 Å². The molecule has 6 heteroatoms. The van der Waals surface area contributed by atoms with Crippen molar-refractivity contribution in [2.75, 3.05) is 39.8 Å². The first-order chi connectivity index (χ1) is 14.5. The molecule has 1 heterocycles. The van der Waals surface area contributed by atoms with Crippen molar-refractivity contribution in [1.29, 1.82) is 5.26 Å². The molecule has 2 aromatic carbocycles. The summed E-state index contributed by atoms with van der Waals surface area (Å²) in [5.41, 5.74) is 10.2. The lowest BCUT2D eigenvalue weighted by Crippen LogP contribution is -2.28. The number of nitriles is 1. The normalized spacial score (nSPS) is 16.6. The molecule has 2 aromatic rings. The third-order valence-electron chi connectivity index (χ3n) is 5.80. The third kappa shape index (κ3) is 5.67. The van der Waals surface area contributed by atoms with Gasteiger partial charge < -0.3 is 15.7 Å². The summed E-state index contributed by atoms with van der Waals surface area (Å²) in [4.78, 5) is 16.0. The summed E-state index contributed by atoms with van der Waals surface area (Å²) in [6, 6.07) is 16.2. The zero-order valence-electron chi connectivity index (χ0n) is 17.6. The Kier molecular flexibility index (Phi) is 7.58. The highest BCUT2D eigenvalue weighted by Crippen LogP contribution is 2.26. The van der Waals surface area contributed by atoms with Crippen LogP contribution in [0.3, 0.4) is 0 Å². The molecule has 1 atom stereocenters. The van der Waals surface area contributed by atoms with E-state index >= 15 is 0 Å². The van der Waals surface area contributed by atoms with Crippen molar-refractivity contribution in [1.82, 2.24) is 9.80 Å². The van der Waals surface area contributed by atoms with Gasteiger partial charge in [-0.2, -0.15) is 5.26 Å². The predicted molar refractivity (Wildman–Crippen MR) is 118 cm³/mol. The molecule has 30 heavy (non-hydrogen) atoms. The molecule has 6 nitrogen and oxygen atoms in total. The first kappa shape index (κ1) is 22.0. The van der Waals surface area contributed by atoms with E-state index in [1.165, 1.54) is 6.42 Å². The van der Waals surface area contributed by atoms with E-state index in [1.54, 1.807) is 0 Å². The van der Waals surface area contributed by atoms with Gasteiger partial charge in [-0.25, -0.2) is 0 Å². The van der Waals surface area contributed by atoms with Gasteiger partial charge in [-0.05, 0) is 61.3 Å². The molecular weight excluding hydrogens is 376 g/mol. The number of aliphatic carboxylic acids is 1. The summed E-state index contributed by atoms with van der Waals surface area (Å²) < 4.78 is 0. The fourth-order valence-corrected chi connectivity index (χ4v) is 3.93. The molecule has 1 aliphatic rings. The molecule has 0 aromatic heterocycles. The number of nitrogens with two attached hydrogens (primary N) is 1. The molecule has 3 N–H and O–H groups in total. The van der Waals surface area contributed by atoms with Gasteiger partial charge in [0.2, 0.25) is 0 Å². The maximum atomic E-state index is 11.2. The minimum Gasteiger partial charge on any atom is -0.481 e. The number of carbonyl (C=O) groups is 1.